The molecule has 3 aliphatic rings. The summed E-state index contributed by atoms with van der Waals surface area (Å²) in [6, 6.07) is 16.9. The molecule has 3 aromatic carbocycles. The second-order valence-electron chi connectivity index (χ2n) is 19.6. The van der Waals surface area contributed by atoms with Gasteiger partial charge < -0.3 is 33.2 Å². The molecule has 3 fully saturated rings. The maximum Gasteiger partial charge on any atom is 0.494 e. The minimum absolute atomic E-state index is 0.0267. The zero-order valence-electron chi connectivity index (χ0n) is 36.3. The summed E-state index contributed by atoms with van der Waals surface area (Å²) in [6.07, 6.45) is 0. The number of hydrogen-bond donors (Lipinski definition) is 1. The lowest BCUT2D eigenvalue weighted by atomic mass is 9.77. The molecule has 0 spiro atoms. The monoisotopic (exact) mass is 782 g/mol. The van der Waals surface area contributed by atoms with E-state index >= 15 is 9.18 Å². The highest BCUT2D eigenvalue weighted by molar-refractivity contribution is 6.63. The summed E-state index contributed by atoms with van der Waals surface area (Å²) in [5, 5.41) is 3.02. The molecule has 0 aliphatic carbocycles. The van der Waals surface area contributed by atoms with Crippen molar-refractivity contribution in [3.8, 4) is 0 Å². The van der Waals surface area contributed by atoms with E-state index in [1.807, 2.05) is 104 Å². The Labute approximate surface area is 339 Å². The number of rotatable bonds is 8. The maximum atomic E-state index is 16.5. The second kappa shape index (κ2) is 14.3. The van der Waals surface area contributed by atoms with Crippen LogP contribution in [-0.2, 0) is 32.7 Å². The number of benzene rings is 3. The van der Waals surface area contributed by atoms with Crippen molar-refractivity contribution in [1.29, 1.82) is 0 Å². The van der Waals surface area contributed by atoms with Gasteiger partial charge in [-0.25, -0.2) is 4.39 Å². The van der Waals surface area contributed by atoms with Crippen molar-refractivity contribution in [1.82, 2.24) is 5.32 Å². The van der Waals surface area contributed by atoms with E-state index in [-0.39, 0.29) is 11.1 Å². The summed E-state index contributed by atoms with van der Waals surface area (Å²) in [5.74, 6) is -1.79. The number of amides is 2. The number of carbonyl (C=O) groups is 2. The Morgan fingerprint density at radius 1 is 0.579 bits per heavy atom. The summed E-state index contributed by atoms with van der Waals surface area (Å²) in [7, 11) is -2.15. The smallest absolute Gasteiger partial charge is 0.399 e. The van der Waals surface area contributed by atoms with Gasteiger partial charge in [-0.1, -0.05) is 36.4 Å². The number of anilines is 1. The van der Waals surface area contributed by atoms with Crippen molar-refractivity contribution in [2.45, 2.75) is 149 Å². The van der Waals surface area contributed by atoms with Crippen LogP contribution < -0.4 is 26.6 Å². The number of halogens is 1. The molecule has 3 saturated heterocycles. The summed E-state index contributed by atoms with van der Waals surface area (Å²) < 4.78 is 54.2. The molecule has 0 aromatic heterocycles. The van der Waals surface area contributed by atoms with Crippen LogP contribution >= 0.6 is 0 Å². The minimum atomic E-state index is -1.47. The highest BCUT2D eigenvalue weighted by atomic mass is 19.1. The lowest BCUT2D eigenvalue weighted by Gasteiger charge is -2.34. The van der Waals surface area contributed by atoms with Crippen molar-refractivity contribution in [3.63, 3.8) is 0 Å². The van der Waals surface area contributed by atoms with Gasteiger partial charge in [-0.15, -0.1) is 0 Å². The Morgan fingerprint density at radius 3 is 1.32 bits per heavy atom. The topological polar surface area (TPSA) is 105 Å². The molecule has 3 aliphatic heterocycles. The van der Waals surface area contributed by atoms with E-state index in [0.717, 1.165) is 10.9 Å². The molecular formula is C43H58B3FN2O8. The molecule has 3 heterocycles. The molecule has 2 amide bonds. The van der Waals surface area contributed by atoms with Gasteiger partial charge in [-0.05, 0) is 151 Å². The van der Waals surface area contributed by atoms with Crippen molar-refractivity contribution in [2.75, 3.05) is 4.90 Å². The van der Waals surface area contributed by atoms with Gasteiger partial charge in [0.25, 0.3) is 5.91 Å². The molecule has 1 unspecified atom stereocenters. The lowest BCUT2D eigenvalue weighted by molar-refractivity contribution is -0.124. The van der Waals surface area contributed by atoms with E-state index in [4.69, 9.17) is 27.9 Å². The SMILES string of the molecule is CC(C)(C)NC(=O)C(c1cc(B2OC(C)(C)C(C)(C)O2)ccc1F)N(C(=O)c1ccc(B2OC(C)(C)C(C)(C)O2)cc1)c1ccc(B2OC(C)(C)C(C)(C)O2)cc1. The average Bonchev–Trinajstić information content (AvgIpc) is 3.55. The highest BCUT2D eigenvalue weighted by Gasteiger charge is 2.54. The zero-order valence-corrected chi connectivity index (χ0v) is 36.3. The third kappa shape index (κ3) is 8.23. The number of nitrogens with zero attached hydrogens (tertiary/aromatic N) is 1. The largest absolute Gasteiger partial charge is 0.494 e. The summed E-state index contributed by atoms with van der Waals surface area (Å²) in [6.45, 7) is 29.0. The third-order valence-corrected chi connectivity index (χ3v) is 12.4. The van der Waals surface area contributed by atoms with Gasteiger partial charge in [-0.2, -0.15) is 0 Å². The standard InChI is InChI=1S/C43H58B3FN2O8/c1-37(2,3)48-35(50)34(32-26-30(22-25-33(32)47)46-56-42(12,13)43(14,15)57-46)49(31-23-20-29(21-24-31)45-54-40(8,9)41(10,11)55-45)36(51)27-16-18-28(19-17-27)44-52-38(4,5)39(6,7)53-44/h16-26,34H,1-15H3,(H,48,50). The van der Waals surface area contributed by atoms with Gasteiger partial charge in [-0.3, -0.25) is 14.5 Å². The van der Waals surface area contributed by atoms with E-state index in [9.17, 15) is 4.79 Å². The van der Waals surface area contributed by atoms with Gasteiger partial charge in [0.2, 0.25) is 5.91 Å². The number of hydrogen-bond acceptors (Lipinski definition) is 8. The van der Waals surface area contributed by atoms with E-state index in [2.05, 4.69) is 5.32 Å². The quantitative estimate of drug-likeness (QED) is 0.277. The number of nitrogens with one attached hydrogen (secondary N) is 1. The first-order valence-corrected chi connectivity index (χ1v) is 19.8. The maximum absolute atomic E-state index is 16.5. The molecule has 0 bridgehead atoms. The van der Waals surface area contributed by atoms with E-state index in [0.29, 0.717) is 11.2 Å². The number of carbonyl (C=O) groups excluding carboxylic acids is 2. The Balaban J connectivity index is 1.46. The predicted molar refractivity (Wildman–Crippen MR) is 224 cm³/mol. The fourth-order valence-electron chi connectivity index (χ4n) is 6.79. The molecule has 1 N–H and O–H groups in total. The molecule has 10 nitrogen and oxygen atoms in total. The van der Waals surface area contributed by atoms with Gasteiger partial charge >= 0.3 is 21.4 Å². The van der Waals surface area contributed by atoms with Crippen LogP contribution in [0.3, 0.4) is 0 Å². The van der Waals surface area contributed by atoms with Gasteiger partial charge in [0.15, 0.2) is 0 Å². The van der Waals surface area contributed by atoms with Gasteiger partial charge in [0, 0.05) is 22.4 Å². The molecule has 304 valence electrons. The van der Waals surface area contributed by atoms with E-state index in [1.165, 1.54) is 11.0 Å². The van der Waals surface area contributed by atoms with Crippen LogP contribution in [0, 0.1) is 5.82 Å². The Kier molecular flexibility index (Phi) is 10.8. The van der Waals surface area contributed by atoms with E-state index < -0.39 is 84.2 Å². The van der Waals surface area contributed by atoms with Crippen molar-refractivity contribution < 1.29 is 41.9 Å². The summed E-state index contributed by atoms with van der Waals surface area (Å²) >= 11 is 0. The van der Waals surface area contributed by atoms with Crippen LogP contribution in [-0.4, -0.2) is 72.3 Å². The Morgan fingerprint density at radius 2 is 0.930 bits per heavy atom. The normalized spacial score (nSPS) is 22.1. The Hall–Kier alpha value is -3.52. The Bertz CT molecular complexity index is 1960. The first-order valence-electron chi connectivity index (χ1n) is 19.8. The van der Waals surface area contributed by atoms with Crippen LogP contribution in [0.1, 0.15) is 126 Å². The van der Waals surface area contributed by atoms with E-state index in [1.54, 1.807) is 60.7 Å². The van der Waals surface area contributed by atoms with Crippen molar-refractivity contribution in [3.05, 3.63) is 83.7 Å². The first-order chi connectivity index (χ1) is 26.0. The summed E-state index contributed by atoms with van der Waals surface area (Å²) in [5.41, 5.74) is -1.75. The second-order valence-corrected chi connectivity index (χ2v) is 19.6. The third-order valence-electron chi connectivity index (χ3n) is 12.4. The molecule has 57 heavy (non-hydrogen) atoms. The van der Waals surface area contributed by atoms with Crippen LogP contribution in [0.5, 0.6) is 0 Å². The molecule has 3 aromatic rings. The van der Waals surface area contributed by atoms with Crippen LogP contribution in [0.25, 0.3) is 0 Å². The predicted octanol–water partition coefficient (Wildman–Crippen LogP) is 6.03. The van der Waals surface area contributed by atoms with Crippen LogP contribution in [0.2, 0.25) is 0 Å². The fraction of sp³-hybridized carbons (Fsp3) is 0.535. The zero-order chi connectivity index (χ0) is 42.3. The minimum Gasteiger partial charge on any atom is -0.399 e. The van der Waals surface area contributed by atoms with Gasteiger partial charge in [0.05, 0.1) is 33.6 Å². The molecule has 6 rings (SSSR count). The van der Waals surface area contributed by atoms with Crippen molar-refractivity contribution in [2.24, 2.45) is 0 Å². The molecule has 1 atom stereocenters. The van der Waals surface area contributed by atoms with Crippen molar-refractivity contribution >= 4 is 55.2 Å². The molecule has 14 heteroatoms. The molecule has 0 radical (unpaired) electrons. The van der Waals surface area contributed by atoms with Crippen LogP contribution in [0.4, 0.5) is 10.1 Å². The summed E-state index contributed by atoms with van der Waals surface area (Å²) in [4.78, 5) is 31.1. The fourth-order valence-corrected chi connectivity index (χ4v) is 6.79. The average molecular weight is 782 g/mol. The first kappa shape index (κ1) is 43.1. The highest BCUT2D eigenvalue weighted by Crippen LogP contribution is 2.40. The molecule has 0 saturated carbocycles. The lowest BCUT2D eigenvalue weighted by Crippen LogP contribution is -2.50. The van der Waals surface area contributed by atoms with Gasteiger partial charge in [0.1, 0.15) is 11.9 Å². The van der Waals surface area contributed by atoms with Crippen LogP contribution in [0.15, 0.2) is 66.7 Å². The molecular weight excluding hydrogens is 724 g/mol.